The van der Waals surface area contributed by atoms with Crippen molar-refractivity contribution in [2.45, 2.75) is 6.10 Å². The third-order valence-corrected chi connectivity index (χ3v) is 5.67. The van der Waals surface area contributed by atoms with E-state index in [0.717, 1.165) is 27.9 Å². The van der Waals surface area contributed by atoms with E-state index in [9.17, 15) is 9.90 Å². The number of aliphatic hydroxyl groups is 1. The third kappa shape index (κ3) is 4.24. The highest BCUT2D eigenvalue weighted by Crippen LogP contribution is 2.29. The van der Waals surface area contributed by atoms with Crippen molar-refractivity contribution in [3.63, 3.8) is 0 Å². The monoisotopic (exact) mass is 457 g/mol. The number of nitrogens with one attached hydrogen (secondary N) is 1. The van der Waals surface area contributed by atoms with E-state index in [2.05, 4.69) is 21.5 Å². The predicted molar refractivity (Wildman–Crippen MR) is 128 cm³/mol. The Morgan fingerprint density at radius 3 is 2.48 bits per heavy atom. The number of aromatic nitrogens is 4. The minimum atomic E-state index is -1.29. The molecule has 164 valence electrons. The summed E-state index contributed by atoms with van der Waals surface area (Å²) in [6.07, 6.45) is 8.22. The summed E-state index contributed by atoms with van der Waals surface area (Å²) in [6.45, 7) is 0. The van der Waals surface area contributed by atoms with Crippen LogP contribution in [0.25, 0.3) is 27.9 Å². The molecule has 5 aromatic rings. The Kier molecular flexibility index (Phi) is 5.42. The quantitative estimate of drug-likeness (QED) is 0.399. The molecule has 0 aliphatic carbocycles. The van der Waals surface area contributed by atoms with Gasteiger partial charge in [0.15, 0.2) is 6.10 Å². The fourth-order valence-corrected chi connectivity index (χ4v) is 3.83. The molecular formula is C25H20ClN5O2. The van der Waals surface area contributed by atoms with Crippen LogP contribution in [0.3, 0.4) is 0 Å². The van der Waals surface area contributed by atoms with Crippen molar-refractivity contribution < 1.29 is 9.90 Å². The van der Waals surface area contributed by atoms with Gasteiger partial charge in [-0.05, 0) is 35.9 Å². The van der Waals surface area contributed by atoms with Crippen LogP contribution in [0.4, 0.5) is 5.69 Å². The van der Waals surface area contributed by atoms with E-state index < -0.39 is 12.0 Å². The molecule has 1 unspecified atom stereocenters. The molecule has 0 fully saturated rings. The number of rotatable bonds is 5. The number of fused-ring (bicyclic) bond motifs is 1. The summed E-state index contributed by atoms with van der Waals surface area (Å²) in [5, 5.41) is 17.8. The normalized spacial score (nSPS) is 12.1. The van der Waals surface area contributed by atoms with E-state index >= 15 is 0 Å². The molecule has 7 nitrogen and oxygen atoms in total. The molecule has 1 amide bonds. The SMILES string of the molecule is Cn1cc(-c2cc3c(-c4ccc(NC(=O)C(O)c5ccc(Cl)cc5)cc4)nccn3c2)cn1. The van der Waals surface area contributed by atoms with E-state index in [1.165, 1.54) is 0 Å². The van der Waals surface area contributed by atoms with Gasteiger partial charge in [-0.1, -0.05) is 35.9 Å². The first-order valence-corrected chi connectivity index (χ1v) is 10.7. The molecule has 0 radical (unpaired) electrons. The summed E-state index contributed by atoms with van der Waals surface area (Å²) in [5.41, 5.74) is 5.84. The Morgan fingerprint density at radius 1 is 1.03 bits per heavy atom. The van der Waals surface area contributed by atoms with Crippen LogP contribution in [0.1, 0.15) is 11.7 Å². The second kappa shape index (κ2) is 8.54. The summed E-state index contributed by atoms with van der Waals surface area (Å²) in [5.74, 6) is -0.516. The number of hydrogen-bond acceptors (Lipinski definition) is 4. The third-order valence-electron chi connectivity index (χ3n) is 5.42. The lowest BCUT2D eigenvalue weighted by atomic mass is 10.1. The smallest absolute Gasteiger partial charge is 0.257 e. The van der Waals surface area contributed by atoms with Crippen LogP contribution in [0, 0.1) is 0 Å². The van der Waals surface area contributed by atoms with Crippen LogP contribution in [0.5, 0.6) is 0 Å². The number of hydrogen-bond donors (Lipinski definition) is 2. The number of halogens is 1. The molecule has 0 saturated heterocycles. The zero-order valence-corrected chi connectivity index (χ0v) is 18.4. The van der Waals surface area contributed by atoms with E-state index in [4.69, 9.17) is 11.6 Å². The molecule has 2 N–H and O–H groups in total. The fourth-order valence-electron chi connectivity index (χ4n) is 3.71. The molecule has 0 aliphatic rings. The Morgan fingerprint density at radius 2 is 1.79 bits per heavy atom. The highest BCUT2D eigenvalue weighted by molar-refractivity contribution is 6.30. The number of aryl methyl sites for hydroxylation is 1. The minimum absolute atomic E-state index is 0.474. The van der Waals surface area contributed by atoms with Gasteiger partial charge in [0.25, 0.3) is 5.91 Å². The van der Waals surface area contributed by atoms with Gasteiger partial charge in [-0.25, -0.2) is 0 Å². The lowest BCUT2D eigenvalue weighted by Crippen LogP contribution is -2.20. The standard InChI is InChI=1S/C25H20ClN5O2/c1-30-14-19(13-28-30)18-12-22-23(27-10-11-31(22)15-18)16-4-8-21(9-5-16)29-25(33)24(32)17-2-6-20(26)7-3-17/h2-15,24,32H,1H3,(H,29,33). The summed E-state index contributed by atoms with van der Waals surface area (Å²) < 4.78 is 3.80. The molecule has 8 heteroatoms. The van der Waals surface area contributed by atoms with Crippen molar-refractivity contribution in [1.29, 1.82) is 0 Å². The lowest BCUT2D eigenvalue weighted by molar-refractivity contribution is -0.124. The van der Waals surface area contributed by atoms with Crippen molar-refractivity contribution in [2.75, 3.05) is 5.32 Å². The minimum Gasteiger partial charge on any atom is -0.378 e. The molecule has 1 atom stereocenters. The molecule has 33 heavy (non-hydrogen) atoms. The van der Waals surface area contributed by atoms with E-state index in [1.54, 1.807) is 47.3 Å². The number of carbonyl (C=O) groups is 1. The highest BCUT2D eigenvalue weighted by atomic mass is 35.5. The van der Waals surface area contributed by atoms with Crippen LogP contribution >= 0.6 is 11.6 Å². The number of anilines is 1. The van der Waals surface area contributed by atoms with E-state index in [1.807, 2.05) is 48.4 Å². The maximum atomic E-state index is 12.5. The van der Waals surface area contributed by atoms with Crippen molar-refractivity contribution in [3.05, 3.63) is 96.2 Å². The maximum absolute atomic E-state index is 12.5. The van der Waals surface area contributed by atoms with Crippen LogP contribution in [-0.4, -0.2) is 30.2 Å². The van der Waals surface area contributed by atoms with E-state index in [-0.39, 0.29) is 0 Å². The van der Waals surface area contributed by atoms with Gasteiger partial charge in [-0.15, -0.1) is 0 Å². The zero-order valence-electron chi connectivity index (χ0n) is 17.7. The van der Waals surface area contributed by atoms with Gasteiger partial charge in [-0.2, -0.15) is 5.10 Å². The summed E-state index contributed by atoms with van der Waals surface area (Å²) >= 11 is 5.87. The average molecular weight is 458 g/mol. The van der Waals surface area contributed by atoms with Crippen molar-refractivity contribution in [2.24, 2.45) is 7.05 Å². The molecular weight excluding hydrogens is 438 g/mol. The highest BCUT2D eigenvalue weighted by Gasteiger charge is 2.17. The number of nitrogens with zero attached hydrogens (tertiary/aromatic N) is 4. The first-order chi connectivity index (χ1) is 16.0. The van der Waals surface area contributed by atoms with Crippen LogP contribution in [-0.2, 0) is 11.8 Å². The predicted octanol–water partition coefficient (Wildman–Crippen LogP) is 4.73. The topological polar surface area (TPSA) is 84.5 Å². The molecule has 0 saturated carbocycles. The summed E-state index contributed by atoms with van der Waals surface area (Å²) in [6, 6.07) is 16.0. The summed E-state index contributed by atoms with van der Waals surface area (Å²) in [4.78, 5) is 17.0. The van der Waals surface area contributed by atoms with Gasteiger partial charge in [-0.3, -0.25) is 14.5 Å². The number of carbonyl (C=O) groups excluding carboxylic acids is 1. The van der Waals surface area contributed by atoms with Crippen LogP contribution in [0.15, 0.2) is 85.6 Å². The lowest BCUT2D eigenvalue weighted by Gasteiger charge is -2.12. The van der Waals surface area contributed by atoms with Crippen molar-refractivity contribution in [1.82, 2.24) is 19.2 Å². The van der Waals surface area contributed by atoms with Gasteiger partial charge in [0.2, 0.25) is 0 Å². The van der Waals surface area contributed by atoms with Gasteiger partial charge >= 0.3 is 0 Å². The Bertz CT molecular complexity index is 1440. The van der Waals surface area contributed by atoms with Gasteiger partial charge in [0.1, 0.15) is 0 Å². The van der Waals surface area contributed by atoms with Crippen LogP contribution in [0.2, 0.25) is 5.02 Å². The first kappa shape index (κ1) is 20.9. The number of amides is 1. The number of aliphatic hydroxyl groups excluding tert-OH is 1. The van der Waals surface area contributed by atoms with E-state index in [0.29, 0.717) is 16.3 Å². The second-order valence-electron chi connectivity index (χ2n) is 7.72. The fraction of sp³-hybridized carbons (Fsp3) is 0.0800. The van der Waals surface area contributed by atoms with Gasteiger partial charge in [0.05, 0.1) is 17.4 Å². The largest absolute Gasteiger partial charge is 0.378 e. The summed E-state index contributed by atoms with van der Waals surface area (Å²) in [7, 11) is 1.89. The maximum Gasteiger partial charge on any atom is 0.257 e. The molecule has 5 rings (SSSR count). The van der Waals surface area contributed by atoms with Crippen molar-refractivity contribution >= 4 is 28.7 Å². The molecule has 0 aliphatic heterocycles. The Labute approximate surface area is 194 Å². The number of benzene rings is 2. The van der Waals surface area contributed by atoms with Gasteiger partial charge < -0.3 is 14.8 Å². The molecule has 0 spiro atoms. The zero-order chi connectivity index (χ0) is 22.9. The second-order valence-corrected chi connectivity index (χ2v) is 8.16. The Hall–Kier alpha value is -3.94. The average Bonchev–Trinajstić information content (AvgIpc) is 3.45. The molecule has 2 aromatic carbocycles. The first-order valence-electron chi connectivity index (χ1n) is 10.3. The van der Waals surface area contributed by atoms with Gasteiger partial charge in [0, 0.05) is 59.2 Å². The Balaban J connectivity index is 1.37. The molecule has 3 heterocycles. The molecule has 3 aromatic heterocycles. The molecule has 0 bridgehead atoms. The van der Waals surface area contributed by atoms with Crippen LogP contribution < -0.4 is 5.32 Å². The van der Waals surface area contributed by atoms with Crippen molar-refractivity contribution in [3.8, 4) is 22.4 Å².